The van der Waals surface area contributed by atoms with Crippen molar-refractivity contribution in [2.24, 2.45) is 0 Å². The summed E-state index contributed by atoms with van der Waals surface area (Å²) in [6.45, 7) is 0. The molecule has 0 radical (unpaired) electrons. The zero-order chi connectivity index (χ0) is 14.5. The van der Waals surface area contributed by atoms with Gasteiger partial charge in [0.2, 0.25) is 0 Å². The van der Waals surface area contributed by atoms with E-state index in [2.05, 4.69) is 0 Å². The molecule has 1 N–H and O–H groups in total. The van der Waals surface area contributed by atoms with Crippen LogP contribution in [0.15, 0.2) is 18.2 Å². The van der Waals surface area contributed by atoms with E-state index in [0.29, 0.717) is 19.1 Å². The minimum absolute atomic E-state index is 0.103. The molecule has 0 amide bonds. The molecular formula is C14H17NO5. The molecule has 0 bridgehead atoms. The summed E-state index contributed by atoms with van der Waals surface area (Å²) in [5, 5.41) is 21.0. The summed E-state index contributed by atoms with van der Waals surface area (Å²) in [4.78, 5) is 21.1. The van der Waals surface area contributed by atoms with Crippen LogP contribution in [0.25, 0.3) is 0 Å². The molecule has 0 aliphatic heterocycles. The lowest BCUT2D eigenvalue weighted by Gasteiger charge is -2.21. The second-order valence-electron chi connectivity index (χ2n) is 4.96. The Kier molecular flexibility index (Phi) is 4.68. The number of aliphatic hydroxyl groups excluding tert-OH is 1. The topological polar surface area (TPSA) is 89.7 Å². The van der Waals surface area contributed by atoms with Gasteiger partial charge in [-0.05, 0) is 31.4 Å². The van der Waals surface area contributed by atoms with Gasteiger partial charge in [0.1, 0.15) is 12.4 Å². The van der Waals surface area contributed by atoms with Crippen molar-refractivity contribution in [3.63, 3.8) is 0 Å². The van der Waals surface area contributed by atoms with Gasteiger partial charge >= 0.3 is 5.69 Å². The molecule has 1 aromatic carbocycles. The van der Waals surface area contributed by atoms with Gasteiger partial charge in [-0.1, -0.05) is 12.8 Å². The Labute approximate surface area is 116 Å². The summed E-state index contributed by atoms with van der Waals surface area (Å²) in [6, 6.07) is 4.07. The largest absolute Gasteiger partial charge is 0.481 e. The predicted molar refractivity (Wildman–Crippen MR) is 72.0 cm³/mol. The van der Waals surface area contributed by atoms with Crippen LogP contribution in [-0.4, -0.2) is 28.5 Å². The Morgan fingerprint density at radius 1 is 1.30 bits per heavy atom. The van der Waals surface area contributed by atoms with Gasteiger partial charge in [0.15, 0.2) is 5.75 Å². The first-order chi connectivity index (χ1) is 9.61. The number of nitro benzene ring substituents is 1. The van der Waals surface area contributed by atoms with Gasteiger partial charge in [0, 0.05) is 11.6 Å². The monoisotopic (exact) mass is 279 g/mol. The van der Waals surface area contributed by atoms with E-state index in [1.165, 1.54) is 18.2 Å². The van der Waals surface area contributed by atoms with E-state index < -0.39 is 17.1 Å². The third-order valence-electron chi connectivity index (χ3n) is 3.51. The van der Waals surface area contributed by atoms with Gasteiger partial charge in [-0.2, -0.15) is 0 Å². The maximum Gasteiger partial charge on any atom is 0.311 e. The molecule has 2 unspecified atom stereocenters. The number of aldehydes is 1. The molecule has 2 rings (SSSR count). The van der Waals surface area contributed by atoms with Crippen molar-refractivity contribution in [2.75, 3.05) is 0 Å². The van der Waals surface area contributed by atoms with E-state index in [9.17, 15) is 20.0 Å². The quantitative estimate of drug-likeness (QED) is 0.396. The molecule has 1 aromatic rings. The number of carbonyl (C=O) groups excluding carboxylic acids is 1. The van der Waals surface area contributed by atoms with Crippen LogP contribution < -0.4 is 4.74 Å². The average molecular weight is 279 g/mol. The normalized spacial score (nSPS) is 22.9. The lowest BCUT2D eigenvalue weighted by molar-refractivity contribution is -0.386. The smallest absolute Gasteiger partial charge is 0.311 e. The van der Waals surface area contributed by atoms with Crippen LogP contribution in [0.3, 0.4) is 0 Å². The Morgan fingerprint density at radius 2 is 2.05 bits per heavy atom. The number of aliphatic hydroxyl groups is 1. The van der Waals surface area contributed by atoms with Crippen LogP contribution in [0.2, 0.25) is 0 Å². The van der Waals surface area contributed by atoms with Crippen molar-refractivity contribution in [3.8, 4) is 5.75 Å². The van der Waals surface area contributed by atoms with Gasteiger partial charge in [-0.3, -0.25) is 14.9 Å². The first-order valence-electron chi connectivity index (χ1n) is 6.70. The maximum absolute atomic E-state index is 11.0. The second-order valence-corrected chi connectivity index (χ2v) is 4.96. The lowest BCUT2D eigenvalue weighted by atomic mass is 10.1. The van der Waals surface area contributed by atoms with Crippen LogP contribution in [-0.2, 0) is 0 Å². The van der Waals surface area contributed by atoms with Crippen molar-refractivity contribution in [1.82, 2.24) is 0 Å². The van der Waals surface area contributed by atoms with E-state index in [0.717, 1.165) is 19.3 Å². The van der Waals surface area contributed by atoms with E-state index in [-0.39, 0.29) is 17.0 Å². The third kappa shape index (κ3) is 3.33. The summed E-state index contributed by atoms with van der Waals surface area (Å²) in [7, 11) is 0. The molecule has 2 atom stereocenters. The molecule has 1 aliphatic carbocycles. The molecule has 0 aromatic heterocycles. The van der Waals surface area contributed by atoms with Gasteiger partial charge in [0.25, 0.3) is 0 Å². The summed E-state index contributed by atoms with van der Waals surface area (Å²) < 4.78 is 5.63. The minimum Gasteiger partial charge on any atom is -0.481 e. The molecule has 0 heterocycles. The lowest BCUT2D eigenvalue weighted by Crippen LogP contribution is -2.30. The minimum atomic E-state index is -0.608. The standard InChI is InChI=1S/C14H17NO5/c16-9-10-6-7-13(11(8-10)15(18)19)20-14-5-3-1-2-4-12(14)17/h6-9,12,14,17H,1-5H2. The van der Waals surface area contributed by atoms with Gasteiger partial charge < -0.3 is 9.84 Å². The molecule has 6 nitrogen and oxygen atoms in total. The highest BCUT2D eigenvalue weighted by atomic mass is 16.6. The first-order valence-corrected chi connectivity index (χ1v) is 6.70. The maximum atomic E-state index is 11.0. The number of hydrogen-bond donors (Lipinski definition) is 1. The Bertz CT molecular complexity index is 502. The highest BCUT2D eigenvalue weighted by Gasteiger charge is 2.26. The van der Waals surface area contributed by atoms with Gasteiger partial charge in [-0.25, -0.2) is 0 Å². The number of hydrogen-bond acceptors (Lipinski definition) is 5. The summed E-state index contributed by atoms with van der Waals surface area (Å²) in [5.41, 5.74) is -0.0171. The van der Waals surface area contributed by atoms with Gasteiger partial charge in [-0.15, -0.1) is 0 Å². The molecule has 0 saturated heterocycles. The van der Waals surface area contributed by atoms with Crippen molar-refractivity contribution in [3.05, 3.63) is 33.9 Å². The van der Waals surface area contributed by atoms with Crippen LogP contribution in [0, 0.1) is 10.1 Å². The highest BCUT2D eigenvalue weighted by molar-refractivity contribution is 5.77. The Morgan fingerprint density at radius 3 is 2.75 bits per heavy atom. The molecular weight excluding hydrogens is 262 g/mol. The third-order valence-corrected chi connectivity index (χ3v) is 3.51. The Balaban J connectivity index is 2.23. The van der Waals surface area contributed by atoms with Crippen molar-refractivity contribution in [1.29, 1.82) is 0 Å². The predicted octanol–water partition coefficient (Wildman–Crippen LogP) is 2.48. The molecule has 0 spiro atoms. The van der Waals surface area contributed by atoms with E-state index in [1.807, 2.05) is 0 Å². The van der Waals surface area contributed by atoms with Crippen molar-refractivity contribution in [2.45, 2.75) is 44.3 Å². The van der Waals surface area contributed by atoms with Crippen LogP contribution in [0.5, 0.6) is 5.75 Å². The highest BCUT2D eigenvalue weighted by Crippen LogP contribution is 2.31. The van der Waals surface area contributed by atoms with E-state index in [4.69, 9.17) is 4.74 Å². The molecule has 6 heteroatoms. The molecule has 20 heavy (non-hydrogen) atoms. The molecule has 1 saturated carbocycles. The van der Waals surface area contributed by atoms with Crippen LogP contribution in [0.4, 0.5) is 5.69 Å². The fourth-order valence-electron chi connectivity index (χ4n) is 2.40. The molecule has 1 aliphatic rings. The molecule has 1 fully saturated rings. The van der Waals surface area contributed by atoms with E-state index >= 15 is 0 Å². The first kappa shape index (κ1) is 14.5. The Hall–Kier alpha value is -1.95. The number of nitrogens with zero attached hydrogens (tertiary/aromatic N) is 1. The number of benzene rings is 1. The van der Waals surface area contributed by atoms with Gasteiger partial charge in [0.05, 0.1) is 11.0 Å². The summed E-state index contributed by atoms with van der Waals surface area (Å²) in [6.07, 6.45) is 3.73. The van der Waals surface area contributed by atoms with Crippen molar-refractivity contribution < 1.29 is 19.6 Å². The number of nitro groups is 1. The van der Waals surface area contributed by atoms with Crippen molar-refractivity contribution >= 4 is 12.0 Å². The zero-order valence-electron chi connectivity index (χ0n) is 11.0. The number of ether oxygens (including phenoxy) is 1. The zero-order valence-corrected chi connectivity index (χ0v) is 11.0. The molecule has 108 valence electrons. The fourth-order valence-corrected chi connectivity index (χ4v) is 2.40. The summed E-state index contributed by atoms with van der Waals surface area (Å²) >= 11 is 0. The van der Waals surface area contributed by atoms with Crippen LogP contribution in [0.1, 0.15) is 42.5 Å². The summed E-state index contributed by atoms with van der Waals surface area (Å²) in [5.74, 6) is 0.103. The fraction of sp³-hybridized carbons (Fsp3) is 0.500. The van der Waals surface area contributed by atoms with Crippen LogP contribution >= 0.6 is 0 Å². The second kappa shape index (κ2) is 6.47. The number of rotatable bonds is 4. The SMILES string of the molecule is O=Cc1ccc(OC2CCCCCC2O)c([N+](=O)[O-])c1. The van der Waals surface area contributed by atoms with E-state index in [1.54, 1.807) is 0 Å². The number of carbonyl (C=O) groups is 1. The average Bonchev–Trinajstić information content (AvgIpc) is 2.64.